The lowest BCUT2D eigenvalue weighted by atomic mass is 9.79. The molecule has 0 radical (unpaired) electrons. The molecule has 1 amide bonds. The molecule has 1 aromatic rings. The topological polar surface area (TPSA) is 49.3 Å². The van der Waals surface area contributed by atoms with Gasteiger partial charge >= 0.3 is 0 Å². The highest BCUT2D eigenvalue weighted by Crippen LogP contribution is 2.29. The van der Waals surface area contributed by atoms with Crippen LogP contribution in [0.25, 0.3) is 0 Å². The summed E-state index contributed by atoms with van der Waals surface area (Å²) >= 11 is 0. The standard InChI is InChI=1S/C16H23NO2/c1-11-6-7-14(8-12(11)2)17-16(19)10-13-4-3-5-15(18)9-13/h3-5,9,11-12,14,18H,6-8,10H2,1-2H3,(H,17,19). The molecule has 0 saturated heterocycles. The number of benzene rings is 1. The molecule has 0 aromatic heterocycles. The molecule has 3 nitrogen and oxygen atoms in total. The maximum absolute atomic E-state index is 12.0. The third-order valence-corrected chi connectivity index (χ3v) is 4.24. The van der Waals surface area contributed by atoms with Crippen LogP contribution < -0.4 is 5.32 Å². The van der Waals surface area contributed by atoms with E-state index in [-0.39, 0.29) is 11.7 Å². The van der Waals surface area contributed by atoms with Gasteiger partial charge in [0.05, 0.1) is 6.42 Å². The predicted octanol–water partition coefficient (Wildman–Crippen LogP) is 2.88. The fourth-order valence-electron chi connectivity index (χ4n) is 2.81. The van der Waals surface area contributed by atoms with Gasteiger partial charge < -0.3 is 10.4 Å². The van der Waals surface area contributed by atoms with Crippen LogP contribution in [0.15, 0.2) is 24.3 Å². The van der Waals surface area contributed by atoms with Crippen LogP contribution >= 0.6 is 0 Å². The Balaban J connectivity index is 1.85. The van der Waals surface area contributed by atoms with Gasteiger partial charge in [-0.3, -0.25) is 4.79 Å². The Morgan fingerprint density at radius 2 is 2.11 bits per heavy atom. The van der Waals surface area contributed by atoms with Crippen LogP contribution in [0, 0.1) is 11.8 Å². The minimum Gasteiger partial charge on any atom is -0.508 e. The van der Waals surface area contributed by atoms with Crippen molar-refractivity contribution in [1.82, 2.24) is 5.32 Å². The van der Waals surface area contributed by atoms with E-state index in [0.29, 0.717) is 18.4 Å². The molecule has 1 fully saturated rings. The van der Waals surface area contributed by atoms with Crippen molar-refractivity contribution in [2.45, 2.75) is 45.6 Å². The molecule has 3 heteroatoms. The van der Waals surface area contributed by atoms with Crippen LogP contribution in [-0.2, 0) is 11.2 Å². The van der Waals surface area contributed by atoms with E-state index in [1.165, 1.54) is 6.42 Å². The molecular formula is C16H23NO2. The number of phenols is 1. The zero-order chi connectivity index (χ0) is 13.8. The Kier molecular flexibility index (Phi) is 4.46. The monoisotopic (exact) mass is 261 g/mol. The first kappa shape index (κ1) is 13.9. The van der Waals surface area contributed by atoms with E-state index in [1.54, 1.807) is 18.2 Å². The second-order valence-electron chi connectivity index (χ2n) is 5.88. The van der Waals surface area contributed by atoms with Gasteiger partial charge in [0.25, 0.3) is 0 Å². The molecule has 1 aromatic carbocycles. The van der Waals surface area contributed by atoms with Crippen molar-refractivity contribution in [2.24, 2.45) is 11.8 Å². The van der Waals surface area contributed by atoms with Crippen molar-refractivity contribution in [3.05, 3.63) is 29.8 Å². The first-order valence-electron chi connectivity index (χ1n) is 7.12. The Hall–Kier alpha value is -1.51. The van der Waals surface area contributed by atoms with E-state index in [1.807, 2.05) is 6.07 Å². The van der Waals surface area contributed by atoms with E-state index in [4.69, 9.17) is 0 Å². The molecule has 0 heterocycles. The van der Waals surface area contributed by atoms with Crippen molar-refractivity contribution in [1.29, 1.82) is 0 Å². The summed E-state index contributed by atoms with van der Waals surface area (Å²) in [6, 6.07) is 7.21. The van der Waals surface area contributed by atoms with Crippen LogP contribution in [0.1, 0.15) is 38.7 Å². The summed E-state index contributed by atoms with van der Waals surface area (Å²) in [4.78, 5) is 12.0. The Morgan fingerprint density at radius 1 is 1.32 bits per heavy atom. The van der Waals surface area contributed by atoms with E-state index in [0.717, 1.165) is 24.3 Å². The number of amides is 1. The minimum absolute atomic E-state index is 0.0531. The zero-order valence-corrected chi connectivity index (χ0v) is 11.7. The summed E-state index contributed by atoms with van der Waals surface area (Å²) in [6.45, 7) is 4.55. The number of nitrogens with one attached hydrogen (secondary N) is 1. The second-order valence-corrected chi connectivity index (χ2v) is 5.88. The second kappa shape index (κ2) is 6.09. The molecule has 3 unspecified atom stereocenters. The van der Waals surface area contributed by atoms with Crippen LogP contribution in [0.3, 0.4) is 0 Å². The molecule has 1 aliphatic rings. The smallest absolute Gasteiger partial charge is 0.224 e. The summed E-state index contributed by atoms with van der Waals surface area (Å²) in [6.07, 6.45) is 3.69. The molecule has 0 spiro atoms. The third kappa shape index (κ3) is 3.98. The quantitative estimate of drug-likeness (QED) is 0.879. The number of hydrogen-bond donors (Lipinski definition) is 2. The minimum atomic E-state index is 0.0531. The van der Waals surface area contributed by atoms with Gasteiger partial charge in [0, 0.05) is 6.04 Å². The fourth-order valence-corrected chi connectivity index (χ4v) is 2.81. The third-order valence-electron chi connectivity index (χ3n) is 4.24. The summed E-state index contributed by atoms with van der Waals surface area (Å²) in [5.41, 5.74) is 0.856. The fraction of sp³-hybridized carbons (Fsp3) is 0.562. The van der Waals surface area contributed by atoms with Gasteiger partial charge in [-0.05, 0) is 48.8 Å². The molecule has 2 N–H and O–H groups in total. The van der Waals surface area contributed by atoms with Crippen molar-refractivity contribution < 1.29 is 9.90 Å². The largest absolute Gasteiger partial charge is 0.508 e. The highest BCUT2D eigenvalue weighted by Gasteiger charge is 2.25. The van der Waals surface area contributed by atoms with Gasteiger partial charge in [0.2, 0.25) is 5.91 Å². The number of rotatable bonds is 3. The first-order valence-corrected chi connectivity index (χ1v) is 7.12. The Bertz CT molecular complexity index is 444. The van der Waals surface area contributed by atoms with Gasteiger partial charge in [-0.2, -0.15) is 0 Å². The van der Waals surface area contributed by atoms with E-state index >= 15 is 0 Å². The van der Waals surface area contributed by atoms with Crippen LogP contribution in [-0.4, -0.2) is 17.1 Å². The zero-order valence-electron chi connectivity index (χ0n) is 11.7. The van der Waals surface area contributed by atoms with Crippen molar-refractivity contribution in [3.8, 4) is 5.75 Å². The van der Waals surface area contributed by atoms with Gasteiger partial charge in [0.1, 0.15) is 5.75 Å². The number of hydrogen-bond acceptors (Lipinski definition) is 2. The van der Waals surface area contributed by atoms with E-state index in [2.05, 4.69) is 19.2 Å². The van der Waals surface area contributed by atoms with Crippen LogP contribution in [0.2, 0.25) is 0 Å². The van der Waals surface area contributed by atoms with Gasteiger partial charge in [0.15, 0.2) is 0 Å². The lowest BCUT2D eigenvalue weighted by molar-refractivity contribution is -0.121. The normalized spacial score (nSPS) is 26.9. The van der Waals surface area contributed by atoms with Crippen molar-refractivity contribution in [2.75, 3.05) is 0 Å². The van der Waals surface area contributed by atoms with E-state index in [9.17, 15) is 9.90 Å². The maximum atomic E-state index is 12.0. The molecule has 3 atom stereocenters. The Morgan fingerprint density at radius 3 is 2.79 bits per heavy atom. The molecule has 1 aliphatic carbocycles. The average Bonchev–Trinajstić information content (AvgIpc) is 2.34. The summed E-state index contributed by atoms with van der Waals surface area (Å²) in [5, 5.41) is 12.5. The highest BCUT2D eigenvalue weighted by atomic mass is 16.3. The molecule has 19 heavy (non-hydrogen) atoms. The molecule has 1 saturated carbocycles. The molecule has 0 aliphatic heterocycles. The van der Waals surface area contributed by atoms with Crippen LogP contribution in [0.4, 0.5) is 0 Å². The molecular weight excluding hydrogens is 238 g/mol. The average molecular weight is 261 g/mol. The summed E-state index contributed by atoms with van der Waals surface area (Å²) in [5.74, 6) is 1.71. The summed E-state index contributed by atoms with van der Waals surface area (Å²) < 4.78 is 0. The van der Waals surface area contributed by atoms with Gasteiger partial charge in [-0.1, -0.05) is 26.0 Å². The maximum Gasteiger partial charge on any atom is 0.224 e. The molecule has 0 bridgehead atoms. The van der Waals surface area contributed by atoms with Crippen molar-refractivity contribution >= 4 is 5.91 Å². The predicted molar refractivity (Wildman–Crippen MR) is 75.9 cm³/mol. The van der Waals surface area contributed by atoms with Gasteiger partial charge in [-0.15, -0.1) is 0 Å². The first-order chi connectivity index (χ1) is 9.04. The number of carbonyl (C=O) groups is 1. The number of phenolic OH excluding ortho intramolecular Hbond substituents is 1. The van der Waals surface area contributed by atoms with Gasteiger partial charge in [-0.25, -0.2) is 0 Å². The lowest BCUT2D eigenvalue weighted by Gasteiger charge is -2.32. The Labute approximate surface area is 115 Å². The number of carbonyl (C=O) groups excluding carboxylic acids is 1. The number of aromatic hydroxyl groups is 1. The van der Waals surface area contributed by atoms with Crippen LogP contribution in [0.5, 0.6) is 5.75 Å². The van der Waals surface area contributed by atoms with E-state index < -0.39 is 0 Å². The van der Waals surface area contributed by atoms with Crippen molar-refractivity contribution in [3.63, 3.8) is 0 Å². The molecule has 104 valence electrons. The SMILES string of the molecule is CC1CCC(NC(=O)Cc2cccc(O)c2)CC1C. The highest BCUT2D eigenvalue weighted by molar-refractivity contribution is 5.79. The molecule has 2 rings (SSSR count). The summed E-state index contributed by atoms with van der Waals surface area (Å²) in [7, 11) is 0. The lowest BCUT2D eigenvalue weighted by Crippen LogP contribution is -2.40.